The molecule has 2 N–H and O–H groups in total. The maximum Gasteiger partial charge on any atom is 0.232 e. The number of nitrogens with two attached hydrogens (primary N) is 1. The molecule has 0 saturated heterocycles. The molecule has 0 fully saturated rings. The van der Waals surface area contributed by atoms with Crippen LogP contribution in [0.1, 0.15) is 11.3 Å². The first-order valence-corrected chi connectivity index (χ1v) is 5.93. The van der Waals surface area contributed by atoms with E-state index in [4.69, 9.17) is 34.3 Å². The van der Waals surface area contributed by atoms with Gasteiger partial charge in [0.2, 0.25) is 5.88 Å². The molecule has 0 aliphatic heterocycles. The van der Waals surface area contributed by atoms with Gasteiger partial charge in [0.25, 0.3) is 0 Å². The van der Waals surface area contributed by atoms with Crippen molar-refractivity contribution in [2.24, 2.45) is 5.73 Å². The summed E-state index contributed by atoms with van der Waals surface area (Å²) in [6, 6.07) is 7.45. The number of halogens is 1. The molecule has 0 aliphatic carbocycles. The molecule has 0 saturated carbocycles. The Balaban J connectivity index is 2.02. The fourth-order valence-electron chi connectivity index (χ4n) is 1.29. The molecule has 4 nitrogen and oxygen atoms in total. The molecule has 2 rings (SSSR count). The van der Waals surface area contributed by atoms with Crippen LogP contribution in [-0.4, -0.2) is 15.0 Å². The lowest BCUT2D eigenvalue weighted by atomic mass is 10.2. The first kappa shape index (κ1) is 12.7. The van der Waals surface area contributed by atoms with Crippen LogP contribution < -0.4 is 10.5 Å². The Morgan fingerprint density at radius 1 is 1.28 bits per heavy atom. The van der Waals surface area contributed by atoms with Gasteiger partial charge >= 0.3 is 0 Å². The van der Waals surface area contributed by atoms with Crippen LogP contribution >= 0.6 is 23.8 Å². The number of hydrogen-bond donors (Lipinski definition) is 1. The number of aromatic nitrogens is 2. The average molecular weight is 280 g/mol. The summed E-state index contributed by atoms with van der Waals surface area (Å²) in [4.78, 5) is 8.28. The topological polar surface area (TPSA) is 61.0 Å². The highest BCUT2D eigenvalue weighted by molar-refractivity contribution is 7.80. The van der Waals surface area contributed by atoms with Crippen LogP contribution in [0.3, 0.4) is 0 Å². The molecule has 1 aromatic carbocycles. The van der Waals surface area contributed by atoms with Gasteiger partial charge < -0.3 is 10.5 Å². The Kier molecular flexibility index (Phi) is 4.07. The third kappa shape index (κ3) is 3.15. The maximum atomic E-state index is 6.01. The molecule has 18 heavy (non-hydrogen) atoms. The number of rotatable bonds is 4. The lowest BCUT2D eigenvalue weighted by Gasteiger charge is -2.06. The van der Waals surface area contributed by atoms with Crippen molar-refractivity contribution < 1.29 is 4.74 Å². The van der Waals surface area contributed by atoms with Crippen LogP contribution in [0.2, 0.25) is 5.02 Å². The van der Waals surface area contributed by atoms with E-state index in [1.165, 1.54) is 12.4 Å². The van der Waals surface area contributed by atoms with Gasteiger partial charge in [-0.15, -0.1) is 0 Å². The highest BCUT2D eigenvalue weighted by atomic mass is 35.5. The predicted molar refractivity (Wildman–Crippen MR) is 73.7 cm³/mol. The van der Waals surface area contributed by atoms with Crippen molar-refractivity contribution >= 4 is 28.8 Å². The van der Waals surface area contributed by atoms with E-state index in [1.807, 2.05) is 24.3 Å². The first-order chi connectivity index (χ1) is 8.66. The summed E-state index contributed by atoms with van der Waals surface area (Å²) in [6.45, 7) is 0.334. The van der Waals surface area contributed by atoms with Crippen LogP contribution in [0.5, 0.6) is 5.88 Å². The van der Waals surface area contributed by atoms with E-state index < -0.39 is 0 Å². The molecule has 92 valence electrons. The number of ether oxygens (including phenoxy) is 1. The lowest BCUT2D eigenvalue weighted by Crippen LogP contribution is -2.12. The molecule has 0 amide bonds. The lowest BCUT2D eigenvalue weighted by molar-refractivity contribution is 0.292. The van der Waals surface area contributed by atoms with Gasteiger partial charge in [0, 0.05) is 10.6 Å². The third-order valence-electron chi connectivity index (χ3n) is 2.21. The Labute approximate surface area is 115 Å². The van der Waals surface area contributed by atoms with Crippen molar-refractivity contribution in [3.8, 4) is 5.88 Å². The first-order valence-electron chi connectivity index (χ1n) is 5.15. The van der Waals surface area contributed by atoms with Gasteiger partial charge in [-0.3, -0.25) is 0 Å². The highest BCUT2D eigenvalue weighted by Gasteiger charge is 2.03. The molecule has 0 bridgehead atoms. The number of benzene rings is 1. The van der Waals surface area contributed by atoms with E-state index in [1.54, 1.807) is 0 Å². The standard InChI is InChI=1S/C12H10ClN3OS/c13-9-4-2-1-3-8(9)7-17-11-6-15-10(5-16-11)12(14)18/h1-6H,7H2,(H2,14,18). The van der Waals surface area contributed by atoms with E-state index in [-0.39, 0.29) is 4.99 Å². The number of thiocarbonyl (C=S) groups is 1. The summed E-state index contributed by atoms with van der Waals surface area (Å²) >= 11 is 10.8. The minimum atomic E-state index is 0.208. The molecule has 0 spiro atoms. The smallest absolute Gasteiger partial charge is 0.232 e. The third-order valence-corrected chi connectivity index (χ3v) is 2.79. The van der Waals surface area contributed by atoms with E-state index in [9.17, 15) is 0 Å². The Bertz CT molecular complexity index is 560. The molecule has 0 unspecified atom stereocenters. The molecular weight excluding hydrogens is 270 g/mol. The van der Waals surface area contributed by atoms with E-state index in [2.05, 4.69) is 9.97 Å². The summed E-state index contributed by atoms with van der Waals surface area (Å²) in [5.41, 5.74) is 6.78. The normalized spacial score (nSPS) is 10.1. The highest BCUT2D eigenvalue weighted by Crippen LogP contribution is 2.16. The molecule has 0 aliphatic rings. The second-order valence-electron chi connectivity index (χ2n) is 3.48. The van der Waals surface area contributed by atoms with E-state index >= 15 is 0 Å². The molecule has 0 radical (unpaired) electrons. The van der Waals surface area contributed by atoms with Gasteiger partial charge in [-0.25, -0.2) is 9.97 Å². The quantitative estimate of drug-likeness (QED) is 0.871. The van der Waals surface area contributed by atoms with Crippen molar-refractivity contribution in [1.29, 1.82) is 0 Å². The number of hydrogen-bond acceptors (Lipinski definition) is 4. The fourth-order valence-corrected chi connectivity index (χ4v) is 1.58. The minimum absolute atomic E-state index is 0.208. The average Bonchev–Trinajstić information content (AvgIpc) is 2.38. The van der Waals surface area contributed by atoms with Crippen LogP contribution in [0.15, 0.2) is 36.7 Å². The van der Waals surface area contributed by atoms with Gasteiger partial charge in [-0.05, 0) is 6.07 Å². The fraction of sp³-hybridized carbons (Fsp3) is 0.0833. The molecule has 1 heterocycles. The van der Waals surface area contributed by atoms with Crippen LogP contribution in [0.4, 0.5) is 0 Å². The van der Waals surface area contributed by atoms with Gasteiger partial charge in [-0.2, -0.15) is 0 Å². The predicted octanol–water partition coefficient (Wildman–Crippen LogP) is 2.34. The molecular formula is C12H10ClN3OS. The summed E-state index contributed by atoms with van der Waals surface area (Å²) < 4.78 is 5.47. The van der Waals surface area contributed by atoms with Crippen LogP contribution in [0.25, 0.3) is 0 Å². The van der Waals surface area contributed by atoms with Crippen LogP contribution in [-0.2, 0) is 6.61 Å². The minimum Gasteiger partial charge on any atom is -0.472 e. The zero-order valence-corrected chi connectivity index (χ0v) is 10.9. The maximum absolute atomic E-state index is 6.01. The molecule has 6 heteroatoms. The van der Waals surface area contributed by atoms with E-state index in [0.29, 0.717) is 23.2 Å². The van der Waals surface area contributed by atoms with E-state index in [0.717, 1.165) is 5.56 Å². The zero-order chi connectivity index (χ0) is 13.0. The van der Waals surface area contributed by atoms with Crippen molar-refractivity contribution in [1.82, 2.24) is 9.97 Å². The summed E-state index contributed by atoms with van der Waals surface area (Å²) in [5, 5.41) is 0.658. The molecule has 0 atom stereocenters. The largest absolute Gasteiger partial charge is 0.472 e. The van der Waals surface area contributed by atoms with Gasteiger partial charge in [0.15, 0.2) is 0 Å². The summed E-state index contributed by atoms with van der Waals surface area (Å²) in [7, 11) is 0. The van der Waals surface area contributed by atoms with Gasteiger partial charge in [0.05, 0.1) is 12.4 Å². The summed E-state index contributed by atoms with van der Waals surface area (Å²) in [5.74, 6) is 0.398. The second kappa shape index (κ2) is 5.75. The molecule has 1 aromatic heterocycles. The Morgan fingerprint density at radius 3 is 2.67 bits per heavy atom. The van der Waals surface area contributed by atoms with Gasteiger partial charge in [0.1, 0.15) is 17.3 Å². The molecule has 2 aromatic rings. The van der Waals surface area contributed by atoms with Crippen molar-refractivity contribution in [3.05, 3.63) is 52.9 Å². The zero-order valence-electron chi connectivity index (χ0n) is 9.34. The van der Waals surface area contributed by atoms with Gasteiger partial charge in [-0.1, -0.05) is 42.0 Å². The Hall–Kier alpha value is -1.72. The second-order valence-corrected chi connectivity index (χ2v) is 4.33. The monoisotopic (exact) mass is 279 g/mol. The number of nitrogens with zero attached hydrogens (tertiary/aromatic N) is 2. The van der Waals surface area contributed by atoms with Crippen molar-refractivity contribution in [2.75, 3.05) is 0 Å². The SMILES string of the molecule is NC(=S)c1cnc(OCc2ccccc2Cl)cn1. The summed E-state index contributed by atoms with van der Waals surface area (Å²) in [6.07, 6.45) is 2.95. The Morgan fingerprint density at radius 2 is 2.06 bits per heavy atom. The van der Waals surface area contributed by atoms with Crippen molar-refractivity contribution in [2.45, 2.75) is 6.61 Å². The van der Waals surface area contributed by atoms with Crippen molar-refractivity contribution in [3.63, 3.8) is 0 Å². The van der Waals surface area contributed by atoms with Crippen LogP contribution in [0, 0.1) is 0 Å².